The van der Waals surface area contributed by atoms with E-state index >= 15 is 0 Å². The van der Waals surface area contributed by atoms with Crippen LogP contribution in [0, 0.1) is 0 Å². The molecule has 0 aromatic heterocycles. The second-order valence-electron chi connectivity index (χ2n) is 5.16. The monoisotopic (exact) mass is 253 g/mol. The van der Waals surface area contributed by atoms with Gasteiger partial charge in [0.25, 0.3) is 0 Å². The number of rotatable bonds is 6. The van der Waals surface area contributed by atoms with Gasteiger partial charge in [-0.2, -0.15) is 0 Å². The molecule has 1 aromatic carbocycles. The van der Waals surface area contributed by atoms with E-state index in [9.17, 15) is 0 Å². The molecule has 0 aliphatic rings. The Labute approximate surface area is 109 Å². The summed E-state index contributed by atoms with van der Waals surface area (Å²) in [5.41, 5.74) is 1.34. The van der Waals surface area contributed by atoms with E-state index in [-0.39, 0.29) is 12.1 Å². The molecule has 0 aliphatic carbocycles. The molecule has 0 heterocycles. The first-order chi connectivity index (χ1) is 7.95. The Kier molecular flexibility index (Phi) is 5.50. The van der Waals surface area contributed by atoms with Gasteiger partial charge in [-0.25, -0.2) is 0 Å². The fraction of sp³-hybridized carbons (Fsp3) is 0.571. The van der Waals surface area contributed by atoms with Crippen molar-refractivity contribution < 1.29 is 5.11 Å². The van der Waals surface area contributed by atoms with E-state index in [0.717, 1.165) is 6.54 Å². The molecule has 1 rings (SSSR count). The van der Waals surface area contributed by atoms with E-state index in [4.69, 9.17) is 5.11 Å². The first-order valence-electron chi connectivity index (χ1n) is 6.04. The highest BCUT2D eigenvalue weighted by molar-refractivity contribution is 7.99. The number of thioether (sulfide) groups is 1. The van der Waals surface area contributed by atoms with Gasteiger partial charge < -0.3 is 5.11 Å². The van der Waals surface area contributed by atoms with Gasteiger partial charge in [0.15, 0.2) is 0 Å². The van der Waals surface area contributed by atoms with Crippen LogP contribution >= 0.6 is 11.8 Å². The normalized spacial score (nSPS) is 12.1. The van der Waals surface area contributed by atoms with Crippen LogP contribution in [-0.4, -0.2) is 23.6 Å². The molecular weight excluding hydrogens is 230 g/mol. The van der Waals surface area contributed by atoms with E-state index in [2.05, 4.69) is 57.3 Å². The average molecular weight is 253 g/mol. The van der Waals surface area contributed by atoms with Gasteiger partial charge in [0.05, 0.1) is 6.73 Å². The summed E-state index contributed by atoms with van der Waals surface area (Å²) in [6, 6.07) is 8.73. The molecule has 0 fully saturated rings. The van der Waals surface area contributed by atoms with Crippen LogP contribution in [0.1, 0.15) is 33.3 Å². The van der Waals surface area contributed by atoms with Crippen molar-refractivity contribution in [1.82, 2.24) is 5.32 Å². The van der Waals surface area contributed by atoms with Crippen LogP contribution in [0.5, 0.6) is 0 Å². The van der Waals surface area contributed by atoms with E-state index in [1.165, 1.54) is 10.5 Å². The average Bonchev–Trinajstić information content (AvgIpc) is 2.26. The van der Waals surface area contributed by atoms with Crippen molar-refractivity contribution in [3.8, 4) is 0 Å². The number of hydrogen-bond acceptors (Lipinski definition) is 3. The fourth-order valence-electron chi connectivity index (χ4n) is 1.73. The number of aliphatic hydroxyl groups excluding tert-OH is 1. The minimum atomic E-state index is 0.0325. The third kappa shape index (κ3) is 4.70. The third-order valence-corrected chi connectivity index (χ3v) is 3.70. The molecule has 0 radical (unpaired) electrons. The molecule has 3 heteroatoms. The standard InChI is InChI=1S/C14H23NOS/c1-11(2)17-13-7-5-12(6-8-13)14(3,4)9-15-10-16/h5-8,11,15-16H,9-10H2,1-4H3. The zero-order valence-electron chi connectivity index (χ0n) is 11.2. The van der Waals surface area contributed by atoms with Gasteiger partial charge >= 0.3 is 0 Å². The summed E-state index contributed by atoms with van der Waals surface area (Å²) >= 11 is 1.88. The van der Waals surface area contributed by atoms with Crippen LogP contribution in [0.15, 0.2) is 29.2 Å². The Morgan fingerprint density at radius 1 is 1.24 bits per heavy atom. The van der Waals surface area contributed by atoms with Crippen molar-refractivity contribution in [3.63, 3.8) is 0 Å². The van der Waals surface area contributed by atoms with Crippen LogP contribution in [0.3, 0.4) is 0 Å². The molecule has 0 bridgehead atoms. The molecule has 0 unspecified atom stereocenters. The van der Waals surface area contributed by atoms with Crippen molar-refractivity contribution in [2.24, 2.45) is 0 Å². The molecular formula is C14H23NOS. The number of hydrogen-bond donors (Lipinski definition) is 2. The molecule has 0 spiro atoms. The third-order valence-electron chi connectivity index (χ3n) is 2.69. The Hall–Kier alpha value is -0.510. The first kappa shape index (κ1) is 14.6. The van der Waals surface area contributed by atoms with E-state index in [0.29, 0.717) is 5.25 Å². The predicted molar refractivity (Wildman–Crippen MR) is 75.5 cm³/mol. The smallest absolute Gasteiger partial charge is 0.0931 e. The molecule has 0 aliphatic heterocycles. The Morgan fingerprint density at radius 2 is 1.82 bits per heavy atom. The maximum atomic E-state index is 8.81. The van der Waals surface area contributed by atoms with E-state index in [1.807, 2.05) is 11.8 Å². The quantitative estimate of drug-likeness (QED) is 0.604. The summed E-state index contributed by atoms with van der Waals surface area (Å²) < 4.78 is 0. The molecule has 0 amide bonds. The largest absolute Gasteiger partial charge is 0.381 e. The number of nitrogens with one attached hydrogen (secondary N) is 1. The zero-order chi connectivity index (χ0) is 12.9. The van der Waals surface area contributed by atoms with Gasteiger partial charge in [0, 0.05) is 22.1 Å². The SMILES string of the molecule is CC(C)Sc1ccc(C(C)(C)CNCO)cc1. The topological polar surface area (TPSA) is 32.3 Å². The Balaban J connectivity index is 2.72. The highest BCUT2D eigenvalue weighted by atomic mass is 32.2. The predicted octanol–water partition coefficient (Wildman–Crippen LogP) is 3.00. The fourth-order valence-corrected chi connectivity index (χ4v) is 2.56. The van der Waals surface area contributed by atoms with Crippen molar-refractivity contribution in [3.05, 3.63) is 29.8 Å². The lowest BCUT2D eigenvalue weighted by atomic mass is 9.85. The van der Waals surface area contributed by atoms with Crippen LogP contribution in [0.4, 0.5) is 0 Å². The van der Waals surface area contributed by atoms with Crippen molar-refractivity contribution in [2.75, 3.05) is 13.3 Å². The Morgan fingerprint density at radius 3 is 2.29 bits per heavy atom. The zero-order valence-corrected chi connectivity index (χ0v) is 12.0. The van der Waals surface area contributed by atoms with Crippen LogP contribution < -0.4 is 5.32 Å². The lowest BCUT2D eigenvalue weighted by Gasteiger charge is -2.25. The van der Waals surface area contributed by atoms with Gasteiger partial charge in [-0.15, -0.1) is 11.8 Å². The summed E-state index contributed by atoms with van der Waals surface area (Å²) in [6.45, 7) is 9.58. The number of benzene rings is 1. The lowest BCUT2D eigenvalue weighted by Crippen LogP contribution is -2.33. The van der Waals surface area contributed by atoms with Crippen LogP contribution in [-0.2, 0) is 5.41 Å². The van der Waals surface area contributed by atoms with Gasteiger partial charge in [0.2, 0.25) is 0 Å². The molecule has 2 N–H and O–H groups in total. The molecule has 0 saturated carbocycles. The molecule has 0 atom stereocenters. The Bertz CT molecular complexity index is 333. The minimum absolute atomic E-state index is 0.0325. The highest BCUT2D eigenvalue weighted by Gasteiger charge is 2.19. The number of aliphatic hydroxyl groups is 1. The van der Waals surface area contributed by atoms with Gasteiger partial charge in [0.1, 0.15) is 0 Å². The molecule has 2 nitrogen and oxygen atoms in total. The molecule has 0 saturated heterocycles. The summed E-state index contributed by atoms with van der Waals surface area (Å²) in [4.78, 5) is 1.31. The van der Waals surface area contributed by atoms with Crippen molar-refractivity contribution in [1.29, 1.82) is 0 Å². The highest BCUT2D eigenvalue weighted by Crippen LogP contribution is 2.27. The van der Waals surface area contributed by atoms with Crippen molar-refractivity contribution in [2.45, 2.75) is 43.3 Å². The van der Waals surface area contributed by atoms with E-state index in [1.54, 1.807) is 0 Å². The summed E-state index contributed by atoms with van der Waals surface area (Å²) in [5, 5.41) is 12.4. The molecule has 96 valence electrons. The summed E-state index contributed by atoms with van der Waals surface area (Å²) in [5.74, 6) is 0. The maximum absolute atomic E-state index is 8.81. The van der Waals surface area contributed by atoms with Crippen LogP contribution in [0.2, 0.25) is 0 Å². The van der Waals surface area contributed by atoms with Crippen LogP contribution in [0.25, 0.3) is 0 Å². The van der Waals surface area contributed by atoms with Crippen molar-refractivity contribution >= 4 is 11.8 Å². The minimum Gasteiger partial charge on any atom is -0.381 e. The van der Waals surface area contributed by atoms with E-state index < -0.39 is 0 Å². The second kappa shape index (κ2) is 6.43. The lowest BCUT2D eigenvalue weighted by molar-refractivity contribution is 0.247. The summed E-state index contributed by atoms with van der Waals surface area (Å²) in [6.07, 6.45) is 0. The maximum Gasteiger partial charge on any atom is 0.0931 e. The van der Waals surface area contributed by atoms with Gasteiger partial charge in [-0.3, -0.25) is 5.32 Å². The van der Waals surface area contributed by atoms with Gasteiger partial charge in [-0.1, -0.05) is 39.8 Å². The molecule has 1 aromatic rings. The van der Waals surface area contributed by atoms with Gasteiger partial charge in [-0.05, 0) is 17.7 Å². The summed E-state index contributed by atoms with van der Waals surface area (Å²) in [7, 11) is 0. The molecule has 17 heavy (non-hydrogen) atoms. The second-order valence-corrected chi connectivity index (χ2v) is 6.81. The first-order valence-corrected chi connectivity index (χ1v) is 6.92.